The van der Waals surface area contributed by atoms with Gasteiger partial charge in [-0.05, 0) is 19.1 Å². The Kier molecular flexibility index (Phi) is 3.49. The lowest BCUT2D eigenvalue weighted by atomic mass is 10.2. The number of nitrogens with one attached hydrogen (secondary N) is 1. The summed E-state index contributed by atoms with van der Waals surface area (Å²) in [6.07, 6.45) is 5.53. The number of hydrogen-bond acceptors (Lipinski definition) is 4. The SMILES string of the molecule is Cc1cc(NC(=O)CCc2cocn2)ccn1. The predicted molar refractivity (Wildman–Crippen MR) is 62.4 cm³/mol. The molecule has 0 radical (unpaired) electrons. The second-order valence-corrected chi connectivity index (χ2v) is 3.71. The first-order valence-electron chi connectivity index (χ1n) is 5.33. The van der Waals surface area contributed by atoms with Gasteiger partial charge in [-0.1, -0.05) is 0 Å². The van der Waals surface area contributed by atoms with Gasteiger partial charge in [0.05, 0.1) is 5.69 Å². The average molecular weight is 231 g/mol. The monoisotopic (exact) mass is 231 g/mol. The minimum absolute atomic E-state index is 0.0430. The van der Waals surface area contributed by atoms with E-state index in [9.17, 15) is 4.79 Å². The fraction of sp³-hybridized carbons (Fsp3) is 0.250. The molecular formula is C12H13N3O2. The van der Waals surface area contributed by atoms with Crippen molar-refractivity contribution in [2.75, 3.05) is 5.32 Å². The van der Waals surface area contributed by atoms with Crippen LogP contribution in [0.5, 0.6) is 0 Å². The maximum atomic E-state index is 11.6. The molecule has 2 aromatic rings. The van der Waals surface area contributed by atoms with Crippen LogP contribution in [-0.4, -0.2) is 15.9 Å². The second kappa shape index (κ2) is 5.25. The van der Waals surface area contributed by atoms with E-state index in [-0.39, 0.29) is 5.91 Å². The lowest BCUT2D eigenvalue weighted by Gasteiger charge is -2.04. The quantitative estimate of drug-likeness (QED) is 0.873. The molecule has 88 valence electrons. The number of aryl methyl sites for hydroxylation is 2. The number of anilines is 1. The summed E-state index contributed by atoms with van der Waals surface area (Å²) in [7, 11) is 0. The molecule has 0 aliphatic rings. The first kappa shape index (κ1) is 11.3. The summed E-state index contributed by atoms with van der Waals surface area (Å²) in [4.78, 5) is 19.6. The molecule has 0 aliphatic carbocycles. The number of carbonyl (C=O) groups is 1. The molecule has 0 saturated carbocycles. The Morgan fingerprint density at radius 2 is 2.35 bits per heavy atom. The summed E-state index contributed by atoms with van der Waals surface area (Å²) in [6.45, 7) is 1.88. The summed E-state index contributed by atoms with van der Waals surface area (Å²) >= 11 is 0. The largest absolute Gasteiger partial charge is 0.451 e. The zero-order valence-electron chi connectivity index (χ0n) is 9.51. The number of nitrogens with zero attached hydrogens (tertiary/aromatic N) is 2. The zero-order chi connectivity index (χ0) is 12.1. The van der Waals surface area contributed by atoms with Gasteiger partial charge >= 0.3 is 0 Å². The molecule has 1 N–H and O–H groups in total. The second-order valence-electron chi connectivity index (χ2n) is 3.71. The van der Waals surface area contributed by atoms with E-state index in [1.807, 2.05) is 13.0 Å². The van der Waals surface area contributed by atoms with Crippen molar-refractivity contribution in [2.24, 2.45) is 0 Å². The van der Waals surface area contributed by atoms with Crippen LogP contribution in [0.3, 0.4) is 0 Å². The zero-order valence-corrected chi connectivity index (χ0v) is 9.51. The number of rotatable bonds is 4. The Labute approximate surface area is 98.9 Å². The van der Waals surface area contributed by atoms with E-state index in [2.05, 4.69) is 15.3 Å². The van der Waals surface area contributed by atoms with Crippen LogP contribution < -0.4 is 5.32 Å². The van der Waals surface area contributed by atoms with Crippen molar-refractivity contribution in [1.29, 1.82) is 0 Å². The molecule has 2 rings (SSSR count). The summed E-state index contributed by atoms with van der Waals surface area (Å²) in [6, 6.07) is 3.59. The van der Waals surface area contributed by atoms with Crippen molar-refractivity contribution in [1.82, 2.24) is 9.97 Å². The highest BCUT2D eigenvalue weighted by Gasteiger charge is 2.04. The Bertz CT molecular complexity index is 494. The van der Waals surface area contributed by atoms with E-state index in [4.69, 9.17) is 4.42 Å². The molecule has 17 heavy (non-hydrogen) atoms. The topological polar surface area (TPSA) is 68.0 Å². The Morgan fingerprint density at radius 1 is 1.47 bits per heavy atom. The average Bonchev–Trinajstić information content (AvgIpc) is 2.79. The number of carbonyl (C=O) groups excluding carboxylic acids is 1. The molecule has 2 heterocycles. The van der Waals surface area contributed by atoms with Gasteiger partial charge in [-0.15, -0.1) is 0 Å². The minimum Gasteiger partial charge on any atom is -0.451 e. The standard InChI is InChI=1S/C12H13N3O2/c1-9-6-10(4-5-13-9)15-12(16)3-2-11-7-17-8-14-11/h4-8H,2-3H2,1H3,(H,13,15,16). The highest BCUT2D eigenvalue weighted by atomic mass is 16.3. The van der Waals surface area contributed by atoms with Gasteiger partial charge in [-0.3, -0.25) is 9.78 Å². The number of oxazole rings is 1. The maximum absolute atomic E-state index is 11.6. The Hall–Kier alpha value is -2.17. The Balaban J connectivity index is 1.85. The normalized spacial score (nSPS) is 10.2. The van der Waals surface area contributed by atoms with Crippen LogP contribution in [0.1, 0.15) is 17.8 Å². The predicted octanol–water partition coefficient (Wildman–Crippen LogP) is 1.95. The van der Waals surface area contributed by atoms with Crippen molar-refractivity contribution in [3.05, 3.63) is 42.4 Å². The van der Waals surface area contributed by atoms with E-state index in [0.717, 1.165) is 17.1 Å². The molecule has 2 aromatic heterocycles. The van der Waals surface area contributed by atoms with Gasteiger partial charge in [0, 0.05) is 30.4 Å². The van der Waals surface area contributed by atoms with Gasteiger partial charge in [0.25, 0.3) is 0 Å². The molecule has 0 bridgehead atoms. The summed E-state index contributed by atoms with van der Waals surface area (Å²) in [5, 5.41) is 2.81. The maximum Gasteiger partial charge on any atom is 0.224 e. The van der Waals surface area contributed by atoms with Gasteiger partial charge in [0.15, 0.2) is 6.39 Å². The van der Waals surface area contributed by atoms with Gasteiger partial charge in [0.1, 0.15) is 6.26 Å². The van der Waals surface area contributed by atoms with E-state index in [1.54, 1.807) is 18.5 Å². The molecule has 0 unspecified atom stereocenters. The van der Waals surface area contributed by atoms with E-state index < -0.39 is 0 Å². The molecule has 0 spiro atoms. The van der Waals surface area contributed by atoms with Crippen molar-refractivity contribution in [2.45, 2.75) is 19.8 Å². The van der Waals surface area contributed by atoms with Crippen LogP contribution >= 0.6 is 0 Å². The fourth-order valence-electron chi connectivity index (χ4n) is 1.45. The summed E-state index contributed by atoms with van der Waals surface area (Å²) in [5.74, 6) is -0.0430. The van der Waals surface area contributed by atoms with Crippen molar-refractivity contribution >= 4 is 11.6 Å². The van der Waals surface area contributed by atoms with Gasteiger partial charge < -0.3 is 9.73 Å². The molecule has 1 amide bonds. The minimum atomic E-state index is -0.0430. The smallest absolute Gasteiger partial charge is 0.224 e. The highest BCUT2D eigenvalue weighted by molar-refractivity contribution is 5.90. The first-order valence-corrected chi connectivity index (χ1v) is 5.33. The molecule has 0 saturated heterocycles. The van der Waals surface area contributed by atoms with Crippen LogP contribution in [0.4, 0.5) is 5.69 Å². The van der Waals surface area contributed by atoms with Crippen LogP contribution in [0, 0.1) is 6.92 Å². The molecule has 5 heteroatoms. The number of hydrogen-bond donors (Lipinski definition) is 1. The first-order chi connectivity index (χ1) is 8.24. The molecule has 0 atom stereocenters. The molecular weight excluding hydrogens is 218 g/mol. The van der Waals surface area contributed by atoms with Crippen molar-refractivity contribution < 1.29 is 9.21 Å². The number of amides is 1. The van der Waals surface area contributed by atoms with Crippen LogP contribution in [-0.2, 0) is 11.2 Å². The van der Waals surface area contributed by atoms with Crippen LogP contribution in [0.25, 0.3) is 0 Å². The highest BCUT2D eigenvalue weighted by Crippen LogP contribution is 2.08. The summed E-state index contributed by atoms with van der Waals surface area (Å²) < 4.78 is 4.83. The third-order valence-corrected chi connectivity index (χ3v) is 2.27. The molecule has 0 aliphatic heterocycles. The van der Waals surface area contributed by atoms with Crippen LogP contribution in [0.2, 0.25) is 0 Å². The third kappa shape index (κ3) is 3.41. The van der Waals surface area contributed by atoms with Crippen LogP contribution in [0.15, 0.2) is 35.4 Å². The lowest BCUT2D eigenvalue weighted by molar-refractivity contribution is -0.116. The molecule has 5 nitrogen and oxygen atoms in total. The fourth-order valence-corrected chi connectivity index (χ4v) is 1.45. The van der Waals surface area contributed by atoms with E-state index in [1.165, 1.54) is 6.39 Å². The van der Waals surface area contributed by atoms with Gasteiger partial charge in [0.2, 0.25) is 5.91 Å². The van der Waals surface area contributed by atoms with Gasteiger partial charge in [-0.2, -0.15) is 0 Å². The van der Waals surface area contributed by atoms with Gasteiger partial charge in [-0.25, -0.2) is 4.98 Å². The number of aromatic nitrogens is 2. The van der Waals surface area contributed by atoms with Crippen molar-refractivity contribution in [3.63, 3.8) is 0 Å². The molecule has 0 aromatic carbocycles. The molecule has 0 fully saturated rings. The Morgan fingerprint density at radius 3 is 3.06 bits per heavy atom. The van der Waals surface area contributed by atoms with E-state index in [0.29, 0.717) is 12.8 Å². The van der Waals surface area contributed by atoms with Crippen molar-refractivity contribution in [3.8, 4) is 0 Å². The lowest BCUT2D eigenvalue weighted by Crippen LogP contribution is -2.12. The third-order valence-electron chi connectivity index (χ3n) is 2.27. The van der Waals surface area contributed by atoms with E-state index >= 15 is 0 Å². The number of pyridine rings is 1. The summed E-state index contributed by atoms with van der Waals surface area (Å²) in [5.41, 5.74) is 2.42.